The van der Waals surface area contributed by atoms with Crippen LogP contribution >= 0.6 is 0 Å². The molecule has 0 fully saturated rings. The summed E-state index contributed by atoms with van der Waals surface area (Å²) in [7, 11) is 0. The molecule has 0 aliphatic carbocycles. The fourth-order valence-corrected chi connectivity index (χ4v) is 1.18. The van der Waals surface area contributed by atoms with E-state index in [0.29, 0.717) is 11.4 Å². The Bertz CT molecular complexity index is 535. The molecule has 0 bridgehead atoms. The van der Waals surface area contributed by atoms with Crippen molar-refractivity contribution in [3.8, 4) is 11.4 Å². The van der Waals surface area contributed by atoms with Gasteiger partial charge in [-0.15, -0.1) is 5.10 Å². The second kappa shape index (κ2) is 3.93. The van der Waals surface area contributed by atoms with Crippen LogP contribution in [0.5, 0.6) is 0 Å². The zero-order chi connectivity index (χ0) is 12.5. The standard InChI is InChI=1S/C10H11N5O2/c1-10(2,9(16)17)15-6-8(13-14-15)7-5-11-3-4-12-7/h3-6H,1-2H3,(H,16,17). The fourth-order valence-electron chi connectivity index (χ4n) is 1.18. The Labute approximate surface area is 97.1 Å². The molecular weight excluding hydrogens is 222 g/mol. The van der Waals surface area contributed by atoms with Gasteiger partial charge >= 0.3 is 5.97 Å². The minimum absolute atomic E-state index is 0.493. The summed E-state index contributed by atoms with van der Waals surface area (Å²) < 4.78 is 1.29. The Balaban J connectivity index is 2.38. The third-order valence-corrected chi connectivity index (χ3v) is 2.42. The van der Waals surface area contributed by atoms with Crippen molar-refractivity contribution in [1.82, 2.24) is 25.0 Å². The lowest BCUT2D eigenvalue weighted by Gasteiger charge is -2.18. The van der Waals surface area contributed by atoms with Gasteiger partial charge in [-0.25, -0.2) is 9.48 Å². The molecule has 88 valence electrons. The van der Waals surface area contributed by atoms with E-state index in [0.717, 1.165) is 0 Å². The van der Waals surface area contributed by atoms with E-state index in [4.69, 9.17) is 5.11 Å². The molecule has 0 saturated carbocycles. The number of hydrogen-bond donors (Lipinski definition) is 1. The maximum atomic E-state index is 11.1. The van der Waals surface area contributed by atoms with Gasteiger partial charge in [-0.2, -0.15) is 0 Å². The third-order valence-electron chi connectivity index (χ3n) is 2.42. The lowest BCUT2D eigenvalue weighted by atomic mass is 10.1. The molecule has 2 aromatic rings. The predicted octanol–water partition coefficient (Wildman–Crippen LogP) is 0.555. The average molecular weight is 233 g/mol. The van der Waals surface area contributed by atoms with Crippen LogP contribution in [0.25, 0.3) is 11.4 Å². The first-order valence-corrected chi connectivity index (χ1v) is 4.94. The Morgan fingerprint density at radius 1 is 1.35 bits per heavy atom. The summed E-state index contributed by atoms with van der Waals surface area (Å²) in [5.74, 6) is -0.979. The van der Waals surface area contributed by atoms with Crippen LogP contribution < -0.4 is 0 Å². The highest BCUT2D eigenvalue weighted by molar-refractivity contribution is 5.75. The summed E-state index contributed by atoms with van der Waals surface area (Å²) in [6, 6.07) is 0. The summed E-state index contributed by atoms with van der Waals surface area (Å²) in [5, 5.41) is 16.7. The second-order valence-corrected chi connectivity index (χ2v) is 4.00. The lowest BCUT2D eigenvalue weighted by molar-refractivity contribution is -0.146. The molecule has 0 unspecified atom stereocenters. The molecule has 17 heavy (non-hydrogen) atoms. The van der Waals surface area contributed by atoms with Crippen molar-refractivity contribution in [2.75, 3.05) is 0 Å². The first kappa shape index (κ1) is 11.2. The molecule has 0 amide bonds. The van der Waals surface area contributed by atoms with Crippen LogP contribution in [0.1, 0.15) is 13.8 Å². The summed E-state index contributed by atoms with van der Waals surface area (Å²) in [6.07, 6.45) is 6.17. The molecule has 0 aliphatic rings. The monoisotopic (exact) mass is 233 g/mol. The first-order valence-electron chi connectivity index (χ1n) is 4.94. The van der Waals surface area contributed by atoms with Gasteiger partial charge < -0.3 is 5.11 Å². The van der Waals surface area contributed by atoms with Crippen molar-refractivity contribution < 1.29 is 9.90 Å². The first-order chi connectivity index (χ1) is 8.01. The fraction of sp³-hybridized carbons (Fsp3) is 0.300. The Morgan fingerprint density at radius 2 is 2.12 bits per heavy atom. The van der Waals surface area contributed by atoms with Gasteiger partial charge in [0.1, 0.15) is 11.4 Å². The van der Waals surface area contributed by atoms with Crippen LogP contribution in [-0.4, -0.2) is 36.0 Å². The number of carboxylic acid groups (broad SMARTS) is 1. The van der Waals surface area contributed by atoms with E-state index < -0.39 is 11.5 Å². The maximum Gasteiger partial charge on any atom is 0.331 e. The van der Waals surface area contributed by atoms with E-state index in [-0.39, 0.29) is 0 Å². The van der Waals surface area contributed by atoms with Gasteiger partial charge in [0.05, 0.1) is 12.4 Å². The van der Waals surface area contributed by atoms with Crippen molar-refractivity contribution in [3.05, 3.63) is 24.8 Å². The van der Waals surface area contributed by atoms with Gasteiger partial charge in [0, 0.05) is 12.4 Å². The number of hydrogen-bond acceptors (Lipinski definition) is 5. The molecule has 0 radical (unpaired) electrons. The van der Waals surface area contributed by atoms with E-state index in [9.17, 15) is 4.79 Å². The van der Waals surface area contributed by atoms with E-state index >= 15 is 0 Å². The largest absolute Gasteiger partial charge is 0.479 e. The van der Waals surface area contributed by atoms with Gasteiger partial charge in [-0.05, 0) is 13.8 Å². The topological polar surface area (TPSA) is 93.8 Å². The molecule has 0 spiro atoms. The van der Waals surface area contributed by atoms with Crippen molar-refractivity contribution in [1.29, 1.82) is 0 Å². The average Bonchev–Trinajstić information content (AvgIpc) is 2.80. The summed E-state index contributed by atoms with van der Waals surface area (Å²) in [6.45, 7) is 3.09. The maximum absolute atomic E-state index is 11.1. The van der Waals surface area contributed by atoms with Crippen LogP contribution in [0.15, 0.2) is 24.8 Å². The number of carbonyl (C=O) groups is 1. The Morgan fingerprint density at radius 3 is 2.71 bits per heavy atom. The molecule has 1 N–H and O–H groups in total. The number of carboxylic acids is 1. The normalized spacial score (nSPS) is 11.4. The van der Waals surface area contributed by atoms with Gasteiger partial charge in [0.2, 0.25) is 0 Å². The minimum atomic E-state index is -1.15. The summed E-state index contributed by atoms with van der Waals surface area (Å²) >= 11 is 0. The lowest BCUT2D eigenvalue weighted by Crippen LogP contribution is -2.36. The van der Waals surface area contributed by atoms with Gasteiger partial charge in [0.25, 0.3) is 0 Å². The molecule has 0 saturated heterocycles. The minimum Gasteiger partial charge on any atom is -0.479 e. The molecule has 0 atom stereocenters. The van der Waals surface area contributed by atoms with Gasteiger partial charge in [-0.1, -0.05) is 5.21 Å². The molecule has 7 nitrogen and oxygen atoms in total. The summed E-state index contributed by atoms with van der Waals surface area (Å²) in [5.41, 5.74) is -0.0969. The molecular formula is C10H11N5O2. The number of aliphatic carboxylic acids is 1. The highest BCUT2D eigenvalue weighted by Crippen LogP contribution is 2.17. The number of aromatic nitrogens is 5. The van der Waals surface area contributed by atoms with Crippen molar-refractivity contribution in [3.63, 3.8) is 0 Å². The molecule has 2 rings (SSSR count). The highest BCUT2D eigenvalue weighted by Gasteiger charge is 2.31. The number of rotatable bonds is 3. The van der Waals surface area contributed by atoms with Crippen molar-refractivity contribution in [2.45, 2.75) is 19.4 Å². The van der Waals surface area contributed by atoms with Crippen LogP contribution in [0, 0.1) is 0 Å². The molecule has 2 aromatic heterocycles. The highest BCUT2D eigenvalue weighted by atomic mass is 16.4. The molecule has 0 aliphatic heterocycles. The Hall–Kier alpha value is -2.31. The Kier molecular flexibility index (Phi) is 2.58. The van der Waals surface area contributed by atoms with Gasteiger partial charge in [-0.3, -0.25) is 9.97 Å². The van der Waals surface area contributed by atoms with Crippen LogP contribution in [0.4, 0.5) is 0 Å². The van der Waals surface area contributed by atoms with E-state index in [2.05, 4.69) is 20.3 Å². The van der Waals surface area contributed by atoms with E-state index in [1.807, 2.05) is 0 Å². The molecule has 2 heterocycles. The molecule has 0 aromatic carbocycles. The van der Waals surface area contributed by atoms with Crippen LogP contribution in [0.3, 0.4) is 0 Å². The van der Waals surface area contributed by atoms with E-state index in [1.54, 1.807) is 26.2 Å². The summed E-state index contributed by atoms with van der Waals surface area (Å²) in [4.78, 5) is 19.0. The van der Waals surface area contributed by atoms with Crippen molar-refractivity contribution in [2.24, 2.45) is 0 Å². The quantitative estimate of drug-likeness (QED) is 0.832. The molecule has 7 heteroatoms. The zero-order valence-electron chi connectivity index (χ0n) is 9.40. The number of nitrogens with zero attached hydrogens (tertiary/aromatic N) is 5. The van der Waals surface area contributed by atoms with Crippen LogP contribution in [-0.2, 0) is 10.3 Å². The predicted molar refractivity (Wildman–Crippen MR) is 58.0 cm³/mol. The second-order valence-electron chi connectivity index (χ2n) is 4.00. The SMILES string of the molecule is CC(C)(C(=O)O)n1cc(-c2cnccn2)nn1. The third kappa shape index (κ3) is 1.99. The van der Waals surface area contributed by atoms with Crippen molar-refractivity contribution >= 4 is 5.97 Å². The van der Waals surface area contributed by atoms with Gasteiger partial charge in [0.15, 0.2) is 5.54 Å². The van der Waals surface area contributed by atoms with E-state index in [1.165, 1.54) is 17.1 Å². The van der Waals surface area contributed by atoms with Crippen LogP contribution in [0.2, 0.25) is 0 Å². The smallest absolute Gasteiger partial charge is 0.331 e. The zero-order valence-corrected chi connectivity index (χ0v) is 9.40.